The van der Waals surface area contributed by atoms with Crippen molar-refractivity contribution in [2.75, 3.05) is 26.6 Å². The van der Waals surface area contributed by atoms with Crippen molar-refractivity contribution in [1.82, 2.24) is 15.0 Å². The van der Waals surface area contributed by atoms with E-state index in [4.69, 9.17) is 19.2 Å². The molecule has 0 fully saturated rings. The number of benzene rings is 1. The first kappa shape index (κ1) is 19.4. The standard InChI is InChI=1S/C21H24N4O3/c1-13-14(2)24-21(16-7-6-10-22-11-16)25-20(13)23-12-15-8-9-17(26-3)19(28-5)18(15)27-4/h6-11H,12H2,1-5H3,(H,23,24,25). The Morgan fingerprint density at radius 3 is 2.36 bits per heavy atom. The molecule has 1 N–H and O–H groups in total. The van der Waals surface area contributed by atoms with Crippen molar-refractivity contribution in [3.05, 3.63) is 53.5 Å². The summed E-state index contributed by atoms with van der Waals surface area (Å²) in [6.07, 6.45) is 3.48. The maximum absolute atomic E-state index is 5.56. The quantitative estimate of drug-likeness (QED) is 0.668. The Hall–Kier alpha value is -3.35. The molecule has 146 valence electrons. The monoisotopic (exact) mass is 380 g/mol. The topological polar surface area (TPSA) is 78.4 Å². The molecule has 2 aromatic heterocycles. The summed E-state index contributed by atoms with van der Waals surface area (Å²) >= 11 is 0. The van der Waals surface area contributed by atoms with Crippen LogP contribution in [0.15, 0.2) is 36.7 Å². The van der Waals surface area contributed by atoms with Crippen LogP contribution in [-0.4, -0.2) is 36.3 Å². The van der Waals surface area contributed by atoms with Gasteiger partial charge in [-0.05, 0) is 38.1 Å². The van der Waals surface area contributed by atoms with Gasteiger partial charge < -0.3 is 19.5 Å². The summed E-state index contributed by atoms with van der Waals surface area (Å²) in [7, 11) is 4.80. The molecule has 2 heterocycles. The number of hydrogen-bond donors (Lipinski definition) is 1. The van der Waals surface area contributed by atoms with E-state index in [0.29, 0.717) is 29.6 Å². The Kier molecular flexibility index (Phi) is 5.93. The molecule has 28 heavy (non-hydrogen) atoms. The Morgan fingerprint density at radius 1 is 0.929 bits per heavy atom. The summed E-state index contributed by atoms with van der Waals surface area (Å²) in [5, 5.41) is 3.40. The molecule has 3 aromatic rings. The predicted molar refractivity (Wildman–Crippen MR) is 108 cm³/mol. The van der Waals surface area contributed by atoms with Crippen LogP contribution in [0.4, 0.5) is 5.82 Å². The van der Waals surface area contributed by atoms with E-state index in [1.807, 2.05) is 38.1 Å². The summed E-state index contributed by atoms with van der Waals surface area (Å²) < 4.78 is 16.4. The first-order valence-electron chi connectivity index (χ1n) is 8.86. The van der Waals surface area contributed by atoms with Crippen LogP contribution in [0.5, 0.6) is 17.2 Å². The summed E-state index contributed by atoms with van der Waals surface area (Å²) in [5.41, 5.74) is 3.71. The Labute approximate surface area is 164 Å². The van der Waals surface area contributed by atoms with E-state index in [1.165, 1.54) is 0 Å². The van der Waals surface area contributed by atoms with Crippen LogP contribution in [0.1, 0.15) is 16.8 Å². The van der Waals surface area contributed by atoms with Gasteiger partial charge in [0.15, 0.2) is 17.3 Å². The molecule has 0 radical (unpaired) electrons. The largest absolute Gasteiger partial charge is 0.493 e. The van der Waals surface area contributed by atoms with Gasteiger partial charge in [0.2, 0.25) is 5.75 Å². The highest BCUT2D eigenvalue weighted by Crippen LogP contribution is 2.40. The first-order valence-corrected chi connectivity index (χ1v) is 8.86. The van der Waals surface area contributed by atoms with Gasteiger partial charge in [-0.1, -0.05) is 0 Å². The van der Waals surface area contributed by atoms with Gasteiger partial charge in [0.05, 0.1) is 21.3 Å². The van der Waals surface area contributed by atoms with Crippen LogP contribution in [0.2, 0.25) is 0 Å². The third-order valence-corrected chi connectivity index (χ3v) is 4.54. The fourth-order valence-electron chi connectivity index (χ4n) is 2.91. The number of nitrogens with one attached hydrogen (secondary N) is 1. The lowest BCUT2D eigenvalue weighted by Crippen LogP contribution is -2.08. The van der Waals surface area contributed by atoms with Gasteiger partial charge in [0, 0.05) is 41.3 Å². The number of aryl methyl sites for hydroxylation is 1. The first-order chi connectivity index (χ1) is 13.6. The minimum Gasteiger partial charge on any atom is -0.493 e. The lowest BCUT2D eigenvalue weighted by atomic mass is 10.1. The third kappa shape index (κ3) is 3.83. The molecule has 0 aliphatic carbocycles. The van der Waals surface area contributed by atoms with E-state index in [2.05, 4.69) is 15.3 Å². The maximum atomic E-state index is 5.56. The fraction of sp³-hybridized carbons (Fsp3) is 0.286. The van der Waals surface area contributed by atoms with Crippen LogP contribution in [0.3, 0.4) is 0 Å². The van der Waals surface area contributed by atoms with Crippen LogP contribution in [-0.2, 0) is 6.54 Å². The molecule has 0 unspecified atom stereocenters. The molecule has 3 rings (SSSR count). The SMILES string of the molecule is COc1ccc(CNc2nc(-c3cccnc3)nc(C)c2C)c(OC)c1OC. The summed E-state index contributed by atoms with van der Waals surface area (Å²) in [6, 6.07) is 7.61. The van der Waals surface area contributed by atoms with Gasteiger partial charge in [-0.3, -0.25) is 4.98 Å². The lowest BCUT2D eigenvalue weighted by Gasteiger charge is -2.17. The number of anilines is 1. The number of hydrogen-bond acceptors (Lipinski definition) is 7. The van der Waals surface area contributed by atoms with Gasteiger partial charge in [0.1, 0.15) is 5.82 Å². The van der Waals surface area contributed by atoms with Crippen molar-refractivity contribution in [2.24, 2.45) is 0 Å². The fourth-order valence-corrected chi connectivity index (χ4v) is 2.91. The number of methoxy groups -OCH3 is 3. The molecule has 0 saturated heterocycles. The average molecular weight is 380 g/mol. The summed E-state index contributed by atoms with van der Waals surface area (Å²) in [5.74, 6) is 3.22. The molecule has 0 atom stereocenters. The highest BCUT2D eigenvalue weighted by Gasteiger charge is 2.16. The molecular weight excluding hydrogens is 356 g/mol. The molecular formula is C21H24N4O3. The van der Waals surface area contributed by atoms with Gasteiger partial charge in [0.25, 0.3) is 0 Å². The number of ether oxygens (including phenoxy) is 3. The summed E-state index contributed by atoms with van der Waals surface area (Å²) in [4.78, 5) is 13.4. The van der Waals surface area contributed by atoms with Crippen molar-refractivity contribution in [3.63, 3.8) is 0 Å². The molecule has 0 aliphatic rings. The van der Waals surface area contributed by atoms with Crippen LogP contribution >= 0.6 is 0 Å². The molecule has 1 aromatic carbocycles. The number of rotatable bonds is 7. The van der Waals surface area contributed by atoms with Crippen LogP contribution in [0.25, 0.3) is 11.4 Å². The second-order valence-corrected chi connectivity index (χ2v) is 6.19. The maximum Gasteiger partial charge on any atom is 0.203 e. The normalized spacial score (nSPS) is 10.5. The number of pyridine rings is 1. The van der Waals surface area contributed by atoms with Gasteiger partial charge in [-0.25, -0.2) is 9.97 Å². The van der Waals surface area contributed by atoms with Crippen molar-refractivity contribution in [1.29, 1.82) is 0 Å². The number of aromatic nitrogens is 3. The molecule has 0 amide bonds. The van der Waals surface area contributed by atoms with E-state index in [9.17, 15) is 0 Å². The van der Waals surface area contributed by atoms with Crippen LogP contribution in [0, 0.1) is 13.8 Å². The highest BCUT2D eigenvalue weighted by molar-refractivity contribution is 5.60. The molecule has 0 saturated carbocycles. The lowest BCUT2D eigenvalue weighted by molar-refractivity contribution is 0.322. The molecule has 0 spiro atoms. The zero-order valence-electron chi connectivity index (χ0n) is 16.7. The molecule has 0 aliphatic heterocycles. The van der Waals surface area contributed by atoms with Crippen molar-refractivity contribution in [2.45, 2.75) is 20.4 Å². The van der Waals surface area contributed by atoms with E-state index >= 15 is 0 Å². The zero-order chi connectivity index (χ0) is 20.1. The smallest absolute Gasteiger partial charge is 0.203 e. The molecule has 0 bridgehead atoms. The zero-order valence-corrected chi connectivity index (χ0v) is 16.7. The van der Waals surface area contributed by atoms with Crippen LogP contribution < -0.4 is 19.5 Å². The highest BCUT2D eigenvalue weighted by atomic mass is 16.5. The van der Waals surface area contributed by atoms with E-state index in [0.717, 1.165) is 28.2 Å². The molecule has 7 heteroatoms. The number of nitrogens with zero attached hydrogens (tertiary/aromatic N) is 3. The van der Waals surface area contributed by atoms with Crippen molar-refractivity contribution < 1.29 is 14.2 Å². The van der Waals surface area contributed by atoms with Gasteiger partial charge in [-0.2, -0.15) is 0 Å². The third-order valence-electron chi connectivity index (χ3n) is 4.54. The Balaban J connectivity index is 1.92. The Bertz CT molecular complexity index is 962. The van der Waals surface area contributed by atoms with Crippen molar-refractivity contribution in [3.8, 4) is 28.6 Å². The van der Waals surface area contributed by atoms with E-state index < -0.39 is 0 Å². The second kappa shape index (κ2) is 8.56. The minimum absolute atomic E-state index is 0.507. The average Bonchev–Trinajstić information content (AvgIpc) is 2.74. The summed E-state index contributed by atoms with van der Waals surface area (Å²) in [6.45, 7) is 4.48. The van der Waals surface area contributed by atoms with E-state index in [-0.39, 0.29) is 0 Å². The van der Waals surface area contributed by atoms with Crippen molar-refractivity contribution >= 4 is 5.82 Å². The van der Waals surface area contributed by atoms with Gasteiger partial charge >= 0.3 is 0 Å². The predicted octanol–water partition coefficient (Wildman–Crippen LogP) is 3.79. The molecule has 7 nitrogen and oxygen atoms in total. The van der Waals surface area contributed by atoms with E-state index in [1.54, 1.807) is 33.7 Å². The van der Waals surface area contributed by atoms with Gasteiger partial charge in [-0.15, -0.1) is 0 Å². The minimum atomic E-state index is 0.507. The Morgan fingerprint density at radius 2 is 1.71 bits per heavy atom. The second-order valence-electron chi connectivity index (χ2n) is 6.19.